The summed E-state index contributed by atoms with van der Waals surface area (Å²) in [6.45, 7) is 0. The molecule has 0 heterocycles. The molecule has 1 aromatic carbocycles. The minimum atomic E-state index is -0.631. The fourth-order valence-corrected chi connectivity index (χ4v) is 3.57. The predicted molar refractivity (Wildman–Crippen MR) is 70.5 cm³/mol. The molecule has 0 fully saturated rings. The third kappa shape index (κ3) is 1.86. The maximum absolute atomic E-state index is 11.6. The fraction of sp³-hybridized carbons (Fsp3) is 0.438. The highest BCUT2D eigenvalue weighted by molar-refractivity contribution is 5.72. The first-order valence-corrected chi connectivity index (χ1v) is 6.74. The van der Waals surface area contributed by atoms with Crippen LogP contribution in [-0.2, 0) is 11.2 Å². The van der Waals surface area contributed by atoms with Gasteiger partial charge in [0.05, 0.1) is 5.92 Å². The first-order valence-electron chi connectivity index (χ1n) is 6.74. The Morgan fingerprint density at radius 2 is 2.11 bits per heavy atom. The number of allylic oxidation sites excluding steroid dienone is 2. The molecule has 0 bridgehead atoms. The molecule has 2 nitrogen and oxygen atoms in total. The molecule has 0 saturated carbocycles. The van der Waals surface area contributed by atoms with Crippen molar-refractivity contribution in [2.45, 2.75) is 31.6 Å². The van der Waals surface area contributed by atoms with Gasteiger partial charge in [-0.3, -0.25) is 4.79 Å². The van der Waals surface area contributed by atoms with E-state index in [4.69, 9.17) is 0 Å². The van der Waals surface area contributed by atoms with Gasteiger partial charge in [-0.2, -0.15) is 0 Å². The van der Waals surface area contributed by atoms with Crippen LogP contribution in [0.4, 0.5) is 0 Å². The molecular formula is C16H18O2. The Hall–Kier alpha value is -1.57. The van der Waals surface area contributed by atoms with Gasteiger partial charge < -0.3 is 5.11 Å². The van der Waals surface area contributed by atoms with Gasteiger partial charge in [-0.15, -0.1) is 0 Å². The van der Waals surface area contributed by atoms with Crippen molar-refractivity contribution in [1.29, 1.82) is 0 Å². The molecule has 2 aliphatic rings. The summed E-state index contributed by atoms with van der Waals surface area (Å²) in [6.07, 6.45) is 8.28. The monoisotopic (exact) mass is 242 g/mol. The van der Waals surface area contributed by atoms with Crippen LogP contribution in [0.15, 0.2) is 36.4 Å². The smallest absolute Gasteiger partial charge is 0.307 e. The zero-order valence-corrected chi connectivity index (χ0v) is 10.4. The first-order chi connectivity index (χ1) is 8.77. The van der Waals surface area contributed by atoms with Crippen molar-refractivity contribution in [3.05, 3.63) is 47.5 Å². The van der Waals surface area contributed by atoms with Gasteiger partial charge in [0.25, 0.3) is 0 Å². The highest BCUT2D eigenvalue weighted by Gasteiger charge is 2.38. The lowest BCUT2D eigenvalue weighted by molar-refractivity contribution is -0.144. The first kappa shape index (κ1) is 11.5. The lowest BCUT2D eigenvalue weighted by Gasteiger charge is -2.25. The zero-order chi connectivity index (χ0) is 12.5. The second-order valence-corrected chi connectivity index (χ2v) is 5.38. The molecule has 0 aliphatic heterocycles. The van der Waals surface area contributed by atoms with Crippen LogP contribution in [-0.4, -0.2) is 11.1 Å². The summed E-state index contributed by atoms with van der Waals surface area (Å²) in [5.74, 6) is -0.453. The summed E-state index contributed by atoms with van der Waals surface area (Å²) < 4.78 is 0. The second-order valence-electron chi connectivity index (χ2n) is 5.38. The number of rotatable bonds is 3. The van der Waals surface area contributed by atoms with Crippen molar-refractivity contribution >= 4 is 5.97 Å². The topological polar surface area (TPSA) is 37.3 Å². The number of carboxylic acid groups (broad SMARTS) is 1. The normalized spacial score (nSPS) is 27.1. The maximum atomic E-state index is 11.6. The molecule has 3 rings (SSSR count). The molecule has 1 aromatic rings. The summed E-state index contributed by atoms with van der Waals surface area (Å²) >= 11 is 0. The van der Waals surface area contributed by atoms with Crippen molar-refractivity contribution in [2.75, 3.05) is 0 Å². The van der Waals surface area contributed by atoms with Crippen molar-refractivity contribution in [3.8, 4) is 0 Å². The highest BCUT2D eigenvalue weighted by atomic mass is 16.4. The largest absolute Gasteiger partial charge is 0.481 e. The summed E-state index contributed by atoms with van der Waals surface area (Å²) in [7, 11) is 0. The van der Waals surface area contributed by atoms with Crippen LogP contribution in [0.1, 0.15) is 36.3 Å². The van der Waals surface area contributed by atoms with Crippen molar-refractivity contribution in [1.82, 2.24) is 0 Å². The average molecular weight is 242 g/mol. The van der Waals surface area contributed by atoms with Crippen LogP contribution in [0.5, 0.6) is 0 Å². The van der Waals surface area contributed by atoms with Crippen LogP contribution in [0.2, 0.25) is 0 Å². The van der Waals surface area contributed by atoms with Gasteiger partial charge in [-0.05, 0) is 48.6 Å². The zero-order valence-electron chi connectivity index (χ0n) is 10.4. The van der Waals surface area contributed by atoms with E-state index in [2.05, 4.69) is 24.3 Å². The van der Waals surface area contributed by atoms with E-state index < -0.39 is 5.97 Å². The number of hydrogen-bond donors (Lipinski definition) is 1. The molecule has 0 radical (unpaired) electrons. The van der Waals surface area contributed by atoms with Crippen LogP contribution in [0.25, 0.3) is 0 Å². The molecule has 0 aromatic heterocycles. The van der Waals surface area contributed by atoms with Crippen LogP contribution in [0, 0.1) is 11.8 Å². The average Bonchev–Trinajstić information content (AvgIpc) is 3.00. The third-order valence-corrected chi connectivity index (χ3v) is 4.41. The number of aliphatic carboxylic acids is 1. The van der Waals surface area contributed by atoms with Gasteiger partial charge in [-0.1, -0.05) is 36.4 Å². The van der Waals surface area contributed by atoms with Crippen LogP contribution in [0.3, 0.4) is 0 Å². The van der Waals surface area contributed by atoms with Crippen molar-refractivity contribution in [2.24, 2.45) is 11.8 Å². The molecule has 2 heteroatoms. The number of aryl methyl sites for hydroxylation is 1. The Kier molecular flexibility index (Phi) is 2.94. The number of carbonyl (C=O) groups is 1. The third-order valence-electron chi connectivity index (χ3n) is 4.41. The molecule has 2 aliphatic carbocycles. The molecular weight excluding hydrogens is 224 g/mol. The Balaban J connectivity index is 1.93. The minimum Gasteiger partial charge on any atom is -0.481 e. The van der Waals surface area contributed by atoms with E-state index in [1.807, 2.05) is 12.1 Å². The molecule has 0 saturated heterocycles. The number of benzene rings is 1. The number of fused-ring (bicyclic) bond motifs is 1. The fourth-order valence-electron chi connectivity index (χ4n) is 3.57. The molecule has 0 spiro atoms. The Bertz CT molecular complexity index is 490. The molecule has 0 amide bonds. The van der Waals surface area contributed by atoms with E-state index in [0.29, 0.717) is 0 Å². The van der Waals surface area contributed by atoms with E-state index in [1.165, 1.54) is 11.1 Å². The number of carboxylic acids is 1. The lowest BCUT2D eigenvalue weighted by atomic mass is 9.78. The second kappa shape index (κ2) is 4.60. The van der Waals surface area contributed by atoms with E-state index in [9.17, 15) is 9.90 Å². The minimum absolute atomic E-state index is 0.200. The molecule has 3 unspecified atom stereocenters. The lowest BCUT2D eigenvalue weighted by Crippen LogP contribution is -2.27. The highest BCUT2D eigenvalue weighted by Crippen LogP contribution is 2.43. The standard InChI is InChI=1S/C16H18O2/c17-16(18)15(12-6-1-2-7-12)14-10-9-11-5-3-4-8-13(11)14/h1,3-6,8,12,14-15H,2,7,9-10H2,(H,17,18). The summed E-state index contributed by atoms with van der Waals surface area (Å²) in [4.78, 5) is 11.6. The number of hydrogen-bond acceptors (Lipinski definition) is 1. The SMILES string of the molecule is O=C(O)C(C1C=CCC1)C1CCc2ccccc21. The maximum Gasteiger partial charge on any atom is 0.307 e. The van der Waals surface area contributed by atoms with Gasteiger partial charge in [0, 0.05) is 0 Å². The van der Waals surface area contributed by atoms with E-state index in [1.54, 1.807) is 0 Å². The predicted octanol–water partition coefficient (Wildman–Crippen LogP) is 3.38. The summed E-state index contributed by atoms with van der Waals surface area (Å²) in [5, 5.41) is 9.59. The Labute approximate surface area is 107 Å². The van der Waals surface area contributed by atoms with E-state index in [-0.39, 0.29) is 17.8 Å². The van der Waals surface area contributed by atoms with Crippen molar-refractivity contribution in [3.63, 3.8) is 0 Å². The molecule has 18 heavy (non-hydrogen) atoms. The van der Waals surface area contributed by atoms with Gasteiger partial charge in [0.1, 0.15) is 0 Å². The van der Waals surface area contributed by atoms with E-state index >= 15 is 0 Å². The van der Waals surface area contributed by atoms with Gasteiger partial charge in [-0.25, -0.2) is 0 Å². The Morgan fingerprint density at radius 1 is 1.28 bits per heavy atom. The quantitative estimate of drug-likeness (QED) is 0.825. The van der Waals surface area contributed by atoms with Gasteiger partial charge in [0.2, 0.25) is 0 Å². The van der Waals surface area contributed by atoms with Crippen LogP contribution < -0.4 is 0 Å². The van der Waals surface area contributed by atoms with Gasteiger partial charge in [0.15, 0.2) is 0 Å². The Morgan fingerprint density at radius 3 is 2.83 bits per heavy atom. The van der Waals surface area contributed by atoms with E-state index in [0.717, 1.165) is 25.7 Å². The van der Waals surface area contributed by atoms with Gasteiger partial charge >= 0.3 is 5.97 Å². The molecule has 1 N–H and O–H groups in total. The van der Waals surface area contributed by atoms with Crippen LogP contribution >= 0.6 is 0 Å². The molecule has 3 atom stereocenters. The summed E-state index contributed by atoms with van der Waals surface area (Å²) in [5.41, 5.74) is 2.61. The van der Waals surface area contributed by atoms with Crippen molar-refractivity contribution < 1.29 is 9.90 Å². The molecule has 94 valence electrons. The summed E-state index contributed by atoms with van der Waals surface area (Å²) in [6, 6.07) is 8.33.